The lowest BCUT2D eigenvalue weighted by Gasteiger charge is -2.20. The van der Waals surface area contributed by atoms with Crippen molar-refractivity contribution in [3.63, 3.8) is 0 Å². The molecule has 3 rings (SSSR count). The molecule has 0 saturated carbocycles. The van der Waals surface area contributed by atoms with Crippen molar-refractivity contribution in [3.05, 3.63) is 76.0 Å². The molecule has 0 aliphatic rings. The number of hydrogen-bond donors (Lipinski definition) is 1. The third-order valence-electron chi connectivity index (χ3n) is 4.70. The molecule has 3 aromatic rings. The van der Waals surface area contributed by atoms with E-state index in [1.807, 2.05) is 0 Å². The molecule has 0 aliphatic heterocycles. The summed E-state index contributed by atoms with van der Waals surface area (Å²) in [5.74, 6) is -1.31. The molecular weight excluding hydrogens is 461 g/mol. The van der Waals surface area contributed by atoms with E-state index in [1.54, 1.807) is 50.2 Å². The van der Waals surface area contributed by atoms with Gasteiger partial charge in [-0.1, -0.05) is 35.6 Å². The fourth-order valence-electron chi connectivity index (χ4n) is 3.05. The van der Waals surface area contributed by atoms with Crippen LogP contribution in [0.25, 0.3) is 0 Å². The minimum Gasteiger partial charge on any atom is -0.484 e. The number of rotatable bonds is 10. The monoisotopic (exact) mass is 485 g/mol. The van der Waals surface area contributed by atoms with Crippen LogP contribution in [0.1, 0.15) is 33.4 Å². The number of esters is 1. The van der Waals surface area contributed by atoms with Gasteiger partial charge >= 0.3 is 5.97 Å². The van der Waals surface area contributed by atoms with Crippen LogP contribution in [0.5, 0.6) is 5.75 Å². The Morgan fingerprint density at radius 3 is 2.32 bits per heavy atom. The Balaban J connectivity index is 1.79. The van der Waals surface area contributed by atoms with Gasteiger partial charge in [0, 0.05) is 0 Å². The minimum atomic E-state index is -0.509. The number of carbonyl (C=O) groups excluding carboxylic acids is 3. The average molecular weight is 486 g/mol. The van der Waals surface area contributed by atoms with Gasteiger partial charge < -0.3 is 15.2 Å². The topological polar surface area (TPSA) is 112 Å². The molecule has 0 fully saturated rings. The van der Waals surface area contributed by atoms with E-state index in [-0.39, 0.29) is 32.0 Å². The molecule has 178 valence electrons. The molecule has 0 radical (unpaired) electrons. The van der Waals surface area contributed by atoms with Crippen molar-refractivity contribution in [2.75, 3.05) is 18.1 Å². The summed E-state index contributed by atoms with van der Waals surface area (Å²) in [6.45, 7) is 3.39. The van der Waals surface area contributed by atoms with Crippen molar-refractivity contribution in [2.45, 2.75) is 26.8 Å². The Morgan fingerprint density at radius 1 is 1.06 bits per heavy atom. The molecule has 2 amide bonds. The molecule has 2 aromatic carbocycles. The van der Waals surface area contributed by atoms with Gasteiger partial charge in [-0.3, -0.25) is 14.5 Å². The number of hydrogen-bond acceptors (Lipinski definition) is 7. The number of ether oxygens (including phenoxy) is 2. The summed E-state index contributed by atoms with van der Waals surface area (Å²) in [6.07, 6.45) is 0.108. The van der Waals surface area contributed by atoms with Crippen LogP contribution in [-0.4, -0.2) is 36.0 Å². The van der Waals surface area contributed by atoms with Crippen molar-refractivity contribution < 1.29 is 28.2 Å². The molecule has 0 spiro atoms. The maximum Gasteiger partial charge on any atom is 0.350 e. The summed E-state index contributed by atoms with van der Waals surface area (Å²) < 4.78 is 24.0. The Hall–Kier alpha value is -3.79. The third-order valence-corrected chi connectivity index (χ3v) is 5.86. The van der Waals surface area contributed by atoms with Gasteiger partial charge in [-0.2, -0.15) is 0 Å². The molecule has 0 bridgehead atoms. The van der Waals surface area contributed by atoms with Gasteiger partial charge in [0.15, 0.2) is 11.7 Å². The quantitative estimate of drug-likeness (QED) is 0.441. The molecule has 0 atom stereocenters. The molecule has 0 unspecified atom stereocenters. The van der Waals surface area contributed by atoms with E-state index in [1.165, 1.54) is 17.0 Å². The number of thiazole rings is 1. The highest BCUT2D eigenvalue weighted by Gasteiger charge is 2.24. The molecular formula is C24H24FN3O5S. The lowest BCUT2D eigenvalue weighted by molar-refractivity contribution is -0.120. The van der Waals surface area contributed by atoms with E-state index < -0.39 is 17.8 Å². The number of nitrogens with two attached hydrogens (primary N) is 1. The van der Waals surface area contributed by atoms with Crippen molar-refractivity contribution in [2.24, 2.45) is 5.73 Å². The largest absolute Gasteiger partial charge is 0.484 e. The van der Waals surface area contributed by atoms with Gasteiger partial charge in [0.25, 0.3) is 5.91 Å². The standard InChI is InChI=1S/C24H24FN3O5S/c1-3-32-23(31)22-15(2)27-24(34-22)28(13-17-4-8-18(25)9-5-17)21(30)14-33-19-10-6-16(7-11-19)12-20(26)29/h4-11H,3,12-14H2,1-2H3,(H2,26,29). The third kappa shape index (κ3) is 6.61. The number of primary amides is 1. The zero-order chi connectivity index (χ0) is 24.7. The molecule has 8 nitrogen and oxygen atoms in total. The number of halogens is 1. The molecule has 34 heavy (non-hydrogen) atoms. The predicted octanol–water partition coefficient (Wildman–Crippen LogP) is 3.41. The summed E-state index contributed by atoms with van der Waals surface area (Å²) in [6, 6.07) is 12.4. The molecule has 1 aromatic heterocycles. The fraction of sp³-hybridized carbons (Fsp3) is 0.250. The number of aromatic nitrogens is 1. The second kappa shape index (κ2) is 11.4. The summed E-state index contributed by atoms with van der Waals surface area (Å²) in [5, 5.41) is 0.301. The Kier molecular flexibility index (Phi) is 8.31. The van der Waals surface area contributed by atoms with Crippen molar-refractivity contribution >= 4 is 34.3 Å². The first-order valence-corrected chi connectivity index (χ1v) is 11.3. The first kappa shape index (κ1) is 24.8. The van der Waals surface area contributed by atoms with Gasteiger partial charge in [-0.25, -0.2) is 14.2 Å². The number of carbonyl (C=O) groups is 3. The van der Waals surface area contributed by atoms with Gasteiger partial charge in [0.05, 0.1) is 25.3 Å². The van der Waals surface area contributed by atoms with Gasteiger partial charge in [-0.15, -0.1) is 0 Å². The lowest BCUT2D eigenvalue weighted by atomic mass is 10.1. The number of benzene rings is 2. The van der Waals surface area contributed by atoms with Crippen molar-refractivity contribution in [3.8, 4) is 5.75 Å². The van der Waals surface area contributed by atoms with Crippen LogP contribution in [0.2, 0.25) is 0 Å². The van der Waals surface area contributed by atoms with E-state index in [0.29, 0.717) is 27.0 Å². The van der Waals surface area contributed by atoms with Crippen LogP contribution < -0.4 is 15.4 Å². The van der Waals surface area contributed by atoms with Crippen molar-refractivity contribution in [1.82, 2.24) is 4.98 Å². The number of nitrogens with zero attached hydrogens (tertiary/aromatic N) is 2. The summed E-state index contributed by atoms with van der Waals surface area (Å²) in [5.41, 5.74) is 7.05. The summed E-state index contributed by atoms with van der Waals surface area (Å²) in [7, 11) is 0. The Bertz CT molecular complexity index is 1160. The zero-order valence-electron chi connectivity index (χ0n) is 18.7. The number of amides is 2. The first-order chi connectivity index (χ1) is 16.3. The van der Waals surface area contributed by atoms with Crippen LogP contribution in [0, 0.1) is 12.7 Å². The van der Waals surface area contributed by atoms with E-state index in [4.69, 9.17) is 15.2 Å². The maximum absolute atomic E-state index is 13.3. The van der Waals surface area contributed by atoms with Gasteiger partial charge in [0.1, 0.15) is 16.4 Å². The van der Waals surface area contributed by atoms with Crippen LogP contribution in [-0.2, 0) is 27.3 Å². The number of aryl methyl sites for hydroxylation is 1. The molecule has 0 saturated heterocycles. The summed E-state index contributed by atoms with van der Waals surface area (Å²) in [4.78, 5) is 42.5. The average Bonchev–Trinajstić information content (AvgIpc) is 3.19. The Morgan fingerprint density at radius 2 is 1.71 bits per heavy atom. The molecule has 2 N–H and O–H groups in total. The normalized spacial score (nSPS) is 10.6. The highest BCUT2D eigenvalue weighted by atomic mass is 32.1. The van der Waals surface area contributed by atoms with Crippen LogP contribution in [0.3, 0.4) is 0 Å². The lowest BCUT2D eigenvalue weighted by Crippen LogP contribution is -2.34. The van der Waals surface area contributed by atoms with E-state index in [2.05, 4.69) is 4.98 Å². The van der Waals surface area contributed by atoms with E-state index in [9.17, 15) is 18.8 Å². The zero-order valence-corrected chi connectivity index (χ0v) is 19.6. The number of anilines is 1. The second-order valence-corrected chi connectivity index (χ2v) is 8.29. The van der Waals surface area contributed by atoms with Crippen LogP contribution in [0.4, 0.5) is 9.52 Å². The molecule has 1 heterocycles. The fourth-order valence-corrected chi connectivity index (χ4v) is 4.02. The van der Waals surface area contributed by atoms with Crippen molar-refractivity contribution in [1.29, 1.82) is 0 Å². The first-order valence-electron chi connectivity index (χ1n) is 10.5. The Labute approximate surface area is 200 Å². The van der Waals surface area contributed by atoms with Gasteiger partial charge in [0.2, 0.25) is 5.91 Å². The highest BCUT2D eigenvalue weighted by Crippen LogP contribution is 2.28. The highest BCUT2D eigenvalue weighted by molar-refractivity contribution is 7.17. The second-order valence-electron chi connectivity index (χ2n) is 7.31. The van der Waals surface area contributed by atoms with E-state index >= 15 is 0 Å². The minimum absolute atomic E-state index is 0.106. The van der Waals surface area contributed by atoms with Crippen LogP contribution >= 0.6 is 11.3 Å². The van der Waals surface area contributed by atoms with Gasteiger partial charge in [-0.05, 0) is 49.2 Å². The molecule has 10 heteroatoms. The maximum atomic E-state index is 13.3. The van der Waals surface area contributed by atoms with E-state index in [0.717, 1.165) is 16.9 Å². The smallest absolute Gasteiger partial charge is 0.350 e. The SMILES string of the molecule is CCOC(=O)c1sc(N(Cc2ccc(F)cc2)C(=O)COc2ccc(CC(N)=O)cc2)nc1C. The molecule has 0 aliphatic carbocycles. The summed E-state index contributed by atoms with van der Waals surface area (Å²) >= 11 is 1.04. The predicted molar refractivity (Wildman–Crippen MR) is 125 cm³/mol. The van der Waals surface area contributed by atoms with Crippen LogP contribution in [0.15, 0.2) is 48.5 Å².